The fraction of sp³-hybridized carbons (Fsp3) is 0.571. The zero-order valence-corrected chi connectivity index (χ0v) is 17.3. The summed E-state index contributed by atoms with van der Waals surface area (Å²) in [6, 6.07) is 4.21. The third kappa shape index (κ3) is 5.08. The number of amides is 2. The highest BCUT2D eigenvalue weighted by Crippen LogP contribution is 2.35. The standard InChI is InChI=1S/C21H30N2O4/c1-13(19(26)22-21(6,7)12-20(3,4)5)23-16-10-15(14(2)24)8-9-17(16)27-11-18(23)25/h8-10,13H,11-12H2,1-7H3,(H,22,26). The van der Waals surface area contributed by atoms with Gasteiger partial charge in [-0.3, -0.25) is 19.3 Å². The number of nitrogens with one attached hydrogen (secondary N) is 1. The van der Waals surface area contributed by atoms with Gasteiger partial charge in [0.15, 0.2) is 12.4 Å². The summed E-state index contributed by atoms with van der Waals surface area (Å²) in [5.41, 5.74) is 0.564. The van der Waals surface area contributed by atoms with E-state index in [1.165, 1.54) is 11.8 Å². The van der Waals surface area contributed by atoms with Gasteiger partial charge in [-0.05, 0) is 57.7 Å². The van der Waals surface area contributed by atoms with E-state index in [1.54, 1.807) is 25.1 Å². The van der Waals surface area contributed by atoms with Crippen molar-refractivity contribution in [2.24, 2.45) is 5.41 Å². The molecule has 0 spiro atoms. The van der Waals surface area contributed by atoms with Crippen molar-refractivity contribution in [2.45, 2.75) is 66.5 Å². The van der Waals surface area contributed by atoms with Crippen LogP contribution in [0.3, 0.4) is 0 Å². The molecule has 1 atom stereocenters. The highest BCUT2D eigenvalue weighted by Gasteiger charge is 2.36. The second-order valence-corrected chi connectivity index (χ2v) is 9.08. The second-order valence-electron chi connectivity index (χ2n) is 9.08. The van der Waals surface area contributed by atoms with E-state index in [9.17, 15) is 14.4 Å². The molecule has 0 aromatic heterocycles. The van der Waals surface area contributed by atoms with Gasteiger partial charge >= 0.3 is 0 Å². The Bertz CT molecular complexity index is 762. The van der Waals surface area contributed by atoms with Crippen molar-refractivity contribution >= 4 is 23.3 Å². The largest absolute Gasteiger partial charge is 0.482 e. The fourth-order valence-corrected chi connectivity index (χ4v) is 3.74. The summed E-state index contributed by atoms with van der Waals surface area (Å²) in [6.07, 6.45) is 0.792. The van der Waals surface area contributed by atoms with Crippen molar-refractivity contribution in [3.05, 3.63) is 23.8 Å². The fourth-order valence-electron chi connectivity index (χ4n) is 3.74. The lowest BCUT2D eigenvalue weighted by Gasteiger charge is -2.37. The van der Waals surface area contributed by atoms with E-state index in [0.717, 1.165) is 6.42 Å². The average Bonchev–Trinajstić information content (AvgIpc) is 2.50. The zero-order valence-electron chi connectivity index (χ0n) is 17.3. The quantitative estimate of drug-likeness (QED) is 0.802. The molecule has 1 aliphatic rings. The van der Waals surface area contributed by atoms with Crippen LogP contribution in [0, 0.1) is 5.41 Å². The number of fused-ring (bicyclic) bond motifs is 1. The number of ketones is 1. The molecule has 2 rings (SSSR count). The highest BCUT2D eigenvalue weighted by molar-refractivity contribution is 6.05. The van der Waals surface area contributed by atoms with Crippen LogP contribution < -0.4 is 15.0 Å². The average molecular weight is 374 g/mol. The molecule has 0 fully saturated rings. The Balaban J connectivity index is 2.29. The minimum absolute atomic E-state index is 0.0534. The SMILES string of the molecule is CC(=O)c1ccc2c(c1)N(C(C)C(=O)NC(C)(C)CC(C)(C)C)C(=O)CO2. The summed E-state index contributed by atoms with van der Waals surface area (Å²) in [7, 11) is 0. The molecule has 0 saturated heterocycles. The van der Waals surface area contributed by atoms with Gasteiger partial charge in [-0.25, -0.2) is 0 Å². The summed E-state index contributed by atoms with van der Waals surface area (Å²) in [6.45, 7) is 13.3. The second kappa shape index (κ2) is 7.33. The van der Waals surface area contributed by atoms with E-state index in [0.29, 0.717) is 17.0 Å². The molecule has 6 nitrogen and oxygen atoms in total. The number of rotatable bonds is 5. The van der Waals surface area contributed by atoms with Gasteiger partial charge in [0, 0.05) is 11.1 Å². The molecule has 1 N–H and O–H groups in total. The van der Waals surface area contributed by atoms with Crippen LogP contribution in [0.2, 0.25) is 0 Å². The van der Waals surface area contributed by atoms with Crippen LogP contribution in [0.5, 0.6) is 5.75 Å². The molecule has 2 amide bonds. The van der Waals surface area contributed by atoms with Crippen molar-refractivity contribution in [2.75, 3.05) is 11.5 Å². The van der Waals surface area contributed by atoms with Crippen LogP contribution in [-0.2, 0) is 9.59 Å². The van der Waals surface area contributed by atoms with E-state index < -0.39 is 11.6 Å². The maximum atomic E-state index is 12.9. The molecule has 6 heteroatoms. The number of benzene rings is 1. The first-order valence-corrected chi connectivity index (χ1v) is 9.23. The van der Waals surface area contributed by atoms with Crippen molar-refractivity contribution in [3.63, 3.8) is 0 Å². The van der Waals surface area contributed by atoms with E-state index >= 15 is 0 Å². The first kappa shape index (κ1) is 20.9. The monoisotopic (exact) mass is 374 g/mol. The highest BCUT2D eigenvalue weighted by atomic mass is 16.5. The Morgan fingerprint density at radius 3 is 2.41 bits per heavy atom. The van der Waals surface area contributed by atoms with E-state index in [-0.39, 0.29) is 29.6 Å². The van der Waals surface area contributed by atoms with Gasteiger partial charge in [0.25, 0.3) is 5.91 Å². The van der Waals surface area contributed by atoms with E-state index in [1.807, 2.05) is 13.8 Å². The van der Waals surface area contributed by atoms with Crippen LogP contribution in [-0.4, -0.2) is 35.8 Å². The van der Waals surface area contributed by atoms with Gasteiger partial charge in [0.1, 0.15) is 11.8 Å². The molecule has 1 aliphatic heterocycles. The van der Waals surface area contributed by atoms with Crippen LogP contribution in [0.15, 0.2) is 18.2 Å². The minimum atomic E-state index is -0.721. The van der Waals surface area contributed by atoms with E-state index in [2.05, 4.69) is 26.1 Å². The molecule has 1 aromatic carbocycles. The number of hydrogen-bond donors (Lipinski definition) is 1. The lowest BCUT2D eigenvalue weighted by atomic mass is 9.81. The summed E-state index contributed by atoms with van der Waals surface area (Å²) in [5, 5.41) is 3.06. The third-order valence-electron chi connectivity index (χ3n) is 4.45. The number of ether oxygens (including phenoxy) is 1. The molecule has 1 aromatic rings. The number of hydrogen-bond acceptors (Lipinski definition) is 4. The molecule has 0 bridgehead atoms. The Morgan fingerprint density at radius 1 is 1.22 bits per heavy atom. The molecule has 0 radical (unpaired) electrons. The molecule has 27 heavy (non-hydrogen) atoms. The molecule has 1 heterocycles. The first-order chi connectivity index (χ1) is 12.3. The topological polar surface area (TPSA) is 75.7 Å². The van der Waals surface area contributed by atoms with Gasteiger partial charge in [0.2, 0.25) is 5.91 Å². The Labute approximate surface area is 161 Å². The lowest BCUT2D eigenvalue weighted by Crippen LogP contribution is -2.56. The molecule has 1 unspecified atom stereocenters. The Hall–Kier alpha value is -2.37. The van der Waals surface area contributed by atoms with Crippen LogP contribution in [0.1, 0.15) is 65.2 Å². The van der Waals surface area contributed by atoms with Gasteiger partial charge in [0.05, 0.1) is 5.69 Å². The summed E-state index contributed by atoms with van der Waals surface area (Å²) >= 11 is 0. The summed E-state index contributed by atoms with van der Waals surface area (Å²) in [5.74, 6) is -0.162. The van der Waals surface area contributed by atoms with E-state index in [4.69, 9.17) is 4.74 Å². The smallest absolute Gasteiger partial charge is 0.265 e. The Kier molecular flexibility index (Phi) is 5.68. The van der Waals surface area contributed by atoms with Crippen LogP contribution in [0.25, 0.3) is 0 Å². The third-order valence-corrected chi connectivity index (χ3v) is 4.45. The normalized spacial score (nSPS) is 15.7. The molecule has 148 valence electrons. The maximum Gasteiger partial charge on any atom is 0.265 e. The predicted molar refractivity (Wildman–Crippen MR) is 105 cm³/mol. The summed E-state index contributed by atoms with van der Waals surface area (Å²) in [4.78, 5) is 38.6. The van der Waals surface area contributed by atoms with Gasteiger partial charge in [-0.1, -0.05) is 20.8 Å². The van der Waals surface area contributed by atoms with Crippen molar-refractivity contribution in [1.29, 1.82) is 0 Å². The molecular formula is C21H30N2O4. The maximum absolute atomic E-state index is 12.9. The molecular weight excluding hydrogens is 344 g/mol. The van der Waals surface area contributed by atoms with Gasteiger partial charge in [-0.15, -0.1) is 0 Å². The van der Waals surface area contributed by atoms with Crippen molar-refractivity contribution in [1.82, 2.24) is 5.32 Å². The Morgan fingerprint density at radius 2 is 1.85 bits per heavy atom. The number of anilines is 1. The first-order valence-electron chi connectivity index (χ1n) is 9.23. The molecule has 0 saturated carbocycles. The van der Waals surface area contributed by atoms with Gasteiger partial charge < -0.3 is 10.1 Å². The summed E-state index contributed by atoms with van der Waals surface area (Å²) < 4.78 is 5.46. The molecule has 0 aliphatic carbocycles. The zero-order chi connectivity index (χ0) is 20.6. The van der Waals surface area contributed by atoms with Crippen LogP contribution in [0.4, 0.5) is 5.69 Å². The lowest BCUT2D eigenvalue weighted by molar-refractivity contribution is -0.128. The minimum Gasteiger partial charge on any atom is -0.482 e. The number of nitrogens with zero attached hydrogens (tertiary/aromatic N) is 1. The van der Waals surface area contributed by atoms with Crippen LogP contribution >= 0.6 is 0 Å². The predicted octanol–water partition coefficient (Wildman–Crippen LogP) is 3.33. The number of Topliss-reactive ketones (excluding diaryl/α,β-unsaturated/α-hetero) is 1. The van der Waals surface area contributed by atoms with Crippen molar-refractivity contribution < 1.29 is 19.1 Å². The van der Waals surface area contributed by atoms with Crippen molar-refractivity contribution in [3.8, 4) is 5.75 Å². The number of carbonyl (C=O) groups excluding carboxylic acids is 3. The van der Waals surface area contributed by atoms with Gasteiger partial charge in [-0.2, -0.15) is 0 Å². The number of carbonyl (C=O) groups is 3.